The van der Waals surface area contributed by atoms with Crippen molar-refractivity contribution >= 4 is 20.2 Å². The van der Waals surface area contributed by atoms with Gasteiger partial charge in [-0.3, -0.25) is 9.98 Å². The van der Waals surface area contributed by atoms with Gasteiger partial charge < -0.3 is 13.3 Å². The second-order valence-electron chi connectivity index (χ2n) is 6.57. The van der Waals surface area contributed by atoms with Crippen LogP contribution in [0.15, 0.2) is 9.98 Å². The predicted octanol–water partition coefficient (Wildman–Crippen LogP) is 4.78. The first-order chi connectivity index (χ1) is 12.0. The number of rotatable bonds is 15. The average molecular weight is 373 g/mol. The zero-order valence-corrected chi connectivity index (χ0v) is 18.6. The highest BCUT2D eigenvalue weighted by atomic mass is 28.4. The van der Waals surface area contributed by atoms with Crippen molar-refractivity contribution < 1.29 is 13.3 Å². The summed E-state index contributed by atoms with van der Waals surface area (Å²) in [6.45, 7) is 10.4. The highest BCUT2D eigenvalue weighted by molar-refractivity contribution is 6.60. The lowest BCUT2D eigenvalue weighted by atomic mass is 9.96. The van der Waals surface area contributed by atoms with Crippen molar-refractivity contribution in [2.45, 2.75) is 72.3 Å². The van der Waals surface area contributed by atoms with Gasteiger partial charge in [0.05, 0.1) is 0 Å². The van der Waals surface area contributed by atoms with E-state index in [2.05, 4.69) is 37.7 Å². The van der Waals surface area contributed by atoms with Crippen LogP contribution in [0, 0.1) is 5.92 Å². The van der Waals surface area contributed by atoms with Crippen molar-refractivity contribution in [3.05, 3.63) is 0 Å². The van der Waals surface area contributed by atoms with Crippen molar-refractivity contribution in [1.29, 1.82) is 0 Å². The van der Waals surface area contributed by atoms with Crippen LogP contribution in [0.25, 0.3) is 0 Å². The molecule has 0 heterocycles. The molecule has 0 bridgehead atoms. The smallest absolute Gasteiger partial charge is 0.377 e. The lowest BCUT2D eigenvalue weighted by Gasteiger charge is -2.25. The average Bonchev–Trinajstić information content (AvgIpc) is 2.64. The molecule has 0 aromatic heterocycles. The number of aliphatic imine (C=N–C) groups is 2. The molecule has 148 valence electrons. The zero-order valence-electron chi connectivity index (χ0n) is 17.6. The first-order valence-electron chi connectivity index (χ1n) is 9.62. The summed E-state index contributed by atoms with van der Waals surface area (Å²) in [6.07, 6.45) is 6.52. The van der Waals surface area contributed by atoms with Crippen LogP contribution in [0.5, 0.6) is 0 Å². The molecule has 0 spiro atoms. The van der Waals surface area contributed by atoms with Crippen LogP contribution in [0.1, 0.15) is 66.2 Å². The first kappa shape index (κ1) is 24.4. The molecule has 25 heavy (non-hydrogen) atoms. The Bertz CT molecular complexity index is 364. The molecule has 0 unspecified atom stereocenters. The van der Waals surface area contributed by atoms with Crippen LogP contribution in [-0.4, -0.2) is 54.6 Å². The molecule has 0 aliphatic heterocycles. The lowest BCUT2D eigenvalue weighted by Crippen LogP contribution is -2.42. The molecule has 0 saturated carbocycles. The van der Waals surface area contributed by atoms with Gasteiger partial charge in [0, 0.05) is 51.9 Å². The Labute approximate surface area is 156 Å². The molecule has 0 atom stereocenters. The minimum atomic E-state index is -2.45. The topological polar surface area (TPSA) is 52.4 Å². The molecular weight excluding hydrogens is 332 g/mol. The number of hydrogen-bond acceptors (Lipinski definition) is 5. The summed E-state index contributed by atoms with van der Waals surface area (Å²) in [6, 6.07) is 0.863. The minimum absolute atomic E-state index is 0.638. The van der Waals surface area contributed by atoms with Crippen molar-refractivity contribution in [1.82, 2.24) is 0 Å². The van der Waals surface area contributed by atoms with Gasteiger partial charge in [0.1, 0.15) is 0 Å². The van der Waals surface area contributed by atoms with E-state index in [9.17, 15) is 0 Å². The van der Waals surface area contributed by atoms with Gasteiger partial charge in [-0.2, -0.15) is 0 Å². The van der Waals surface area contributed by atoms with Gasteiger partial charge in [0.2, 0.25) is 0 Å². The Morgan fingerprint density at radius 2 is 1.24 bits per heavy atom. The molecule has 0 aromatic rings. The Morgan fingerprint density at radius 1 is 0.800 bits per heavy atom. The van der Waals surface area contributed by atoms with E-state index in [1.54, 1.807) is 21.3 Å². The fraction of sp³-hybridized carbons (Fsp3) is 0.895. The highest BCUT2D eigenvalue weighted by Crippen LogP contribution is 2.22. The van der Waals surface area contributed by atoms with Crippen molar-refractivity contribution in [2.24, 2.45) is 15.9 Å². The van der Waals surface area contributed by atoms with E-state index in [0.29, 0.717) is 5.92 Å². The number of hydrogen-bond donors (Lipinski definition) is 0. The maximum atomic E-state index is 5.52. The SMILES string of the molecule is CCC(C)=NCCC(CCC[Si](OC)(OC)OC)CCN=C(C)CC. The Hall–Kier alpha value is -0.563. The predicted molar refractivity (Wildman–Crippen MR) is 110 cm³/mol. The largest absolute Gasteiger partial charge is 0.500 e. The molecule has 0 N–H and O–H groups in total. The second kappa shape index (κ2) is 14.6. The fourth-order valence-electron chi connectivity index (χ4n) is 2.70. The van der Waals surface area contributed by atoms with Crippen LogP contribution in [-0.2, 0) is 13.3 Å². The van der Waals surface area contributed by atoms with Crippen LogP contribution in [0.3, 0.4) is 0 Å². The number of nitrogens with zero attached hydrogens (tertiary/aromatic N) is 2. The highest BCUT2D eigenvalue weighted by Gasteiger charge is 2.37. The van der Waals surface area contributed by atoms with Gasteiger partial charge in [0.25, 0.3) is 0 Å². The quantitative estimate of drug-likeness (QED) is 0.307. The third-order valence-corrected chi connectivity index (χ3v) is 7.72. The Kier molecular flexibility index (Phi) is 14.3. The summed E-state index contributed by atoms with van der Waals surface area (Å²) in [5, 5.41) is 0. The molecule has 0 aliphatic rings. The van der Waals surface area contributed by atoms with Crippen molar-refractivity contribution in [3.63, 3.8) is 0 Å². The summed E-state index contributed by atoms with van der Waals surface area (Å²) in [4.78, 5) is 9.33. The maximum Gasteiger partial charge on any atom is 0.500 e. The van der Waals surface area contributed by atoms with E-state index in [-0.39, 0.29) is 0 Å². The van der Waals surface area contributed by atoms with Crippen LogP contribution in [0.2, 0.25) is 6.04 Å². The van der Waals surface area contributed by atoms with Gasteiger partial charge in [-0.15, -0.1) is 0 Å². The van der Waals surface area contributed by atoms with Gasteiger partial charge in [-0.25, -0.2) is 0 Å². The molecular formula is C19H40N2O3Si. The summed E-state index contributed by atoms with van der Waals surface area (Å²) in [7, 11) is 2.60. The third-order valence-electron chi connectivity index (χ3n) is 4.89. The van der Waals surface area contributed by atoms with Gasteiger partial charge in [-0.05, 0) is 51.9 Å². The molecule has 0 fully saturated rings. The fourth-order valence-corrected chi connectivity index (χ4v) is 4.45. The van der Waals surface area contributed by atoms with Crippen molar-refractivity contribution in [2.75, 3.05) is 34.4 Å². The van der Waals surface area contributed by atoms with Gasteiger partial charge in [0.15, 0.2) is 0 Å². The van der Waals surface area contributed by atoms with E-state index < -0.39 is 8.80 Å². The monoisotopic (exact) mass is 372 g/mol. The first-order valence-corrected chi connectivity index (χ1v) is 11.5. The summed E-state index contributed by atoms with van der Waals surface area (Å²) >= 11 is 0. The second-order valence-corrected chi connectivity index (χ2v) is 9.66. The van der Waals surface area contributed by atoms with Gasteiger partial charge >= 0.3 is 8.80 Å². The van der Waals surface area contributed by atoms with E-state index in [1.165, 1.54) is 11.4 Å². The third kappa shape index (κ3) is 10.9. The standard InChI is InChI=1S/C19H40N2O3Si/c1-8-17(3)20-14-12-19(13-15-21-18(4)9-2)11-10-16-25(22-5,23-6)24-7/h19H,8-16H2,1-7H3. The molecule has 0 radical (unpaired) electrons. The Balaban J connectivity index is 4.55. The lowest BCUT2D eigenvalue weighted by molar-refractivity contribution is 0.122. The molecule has 0 aliphatic carbocycles. The molecule has 6 heteroatoms. The summed E-state index contributed by atoms with van der Waals surface area (Å²) in [5.74, 6) is 0.638. The summed E-state index contributed by atoms with van der Waals surface area (Å²) in [5.41, 5.74) is 2.48. The summed E-state index contributed by atoms with van der Waals surface area (Å²) < 4.78 is 16.6. The molecule has 0 aromatic carbocycles. The van der Waals surface area contributed by atoms with E-state index in [4.69, 9.17) is 13.3 Å². The zero-order chi connectivity index (χ0) is 19.1. The molecule has 0 rings (SSSR count). The molecule has 0 saturated heterocycles. The van der Waals surface area contributed by atoms with Gasteiger partial charge in [-0.1, -0.05) is 20.3 Å². The molecule has 5 nitrogen and oxygen atoms in total. The van der Waals surface area contributed by atoms with Crippen LogP contribution >= 0.6 is 0 Å². The molecule has 0 amide bonds. The maximum absolute atomic E-state index is 5.52. The van der Waals surface area contributed by atoms with Crippen molar-refractivity contribution in [3.8, 4) is 0 Å². The van der Waals surface area contributed by atoms with E-state index in [1.807, 2.05) is 0 Å². The minimum Gasteiger partial charge on any atom is -0.377 e. The normalized spacial score (nSPS) is 14.8. The van der Waals surface area contributed by atoms with E-state index in [0.717, 1.165) is 57.7 Å². The van der Waals surface area contributed by atoms with Crippen LogP contribution in [0.4, 0.5) is 0 Å². The van der Waals surface area contributed by atoms with Crippen LogP contribution < -0.4 is 0 Å². The Morgan fingerprint density at radius 3 is 1.60 bits per heavy atom. The van der Waals surface area contributed by atoms with E-state index >= 15 is 0 Å².